The van der Waals surface area contributed by atoms with Crippen LogP contribution in [0, 0.1) is 0 Å². The Hall–Kier alpha value is -7.94. The average molecular weight is 791 g/mol. The summed E-state index contributed by atoms with van der Waals surface area (Å²) < 4.78 is 0. The molecule has 2 unspecified atom stereocenters. The van der Waals surface area contributed by atoms with Crippen LogP contribution in [-0.4, -0.2) is 6.04 Å². The Bertz CT molecular complexity index is 3360. The first-order valence-electron chi connectivity index (χ1n) is 21.6. The van der Waals surface area contributed by atoms with Crippen molar-refractivity contribution >= 4 is 60.8 Å². The molecule has 0 fully saturated rings. The molecule has 2 atom stereocenters. The third-order valence-corrected chi connectivity index (χ3v) is 13.0. The first kappa shape index (κ1) is 36.0. The summed E-state index contributed by atoms with van der Waals surface area (Å²) >= 11 is 0. The van der Waals surface area contributed by atoms with Gasteiger partial charge in [-0.3, -0.25) is 0 Å². The van der Waals surface area contributed by atoms with Crippen molar-refractivity contribution in [2.24, 2.45) is 0 Å². The minimum absolute atomic E-state index is 0.240. The first-order valence-corrected chi connectivity index (χ1v) is 21.6. The van der Waals surface area contributed by atoms with Crippen LogP contribution in [-0.2, 0) is 0 Å². The van der Waals surface area contributed by atoms with Gasteiger partial charge in [0.05, 0.1) is 11.7 Å². The average Bonchev–Trinajstić information content (AvgIpc) is 3.69. The quantitative estimate of drug-likeness (QED) is 0.148. The number of hydrogen-bond donors (Lipinski definition) is 0. The summed E-state index contributed by atoms with van der Waals surface area (Å²) in [6, 6.07) is 80.4. The Morgan fingerprint density at radius 1 is 0.371 bits per heavy atom. The van der Waals surface area contributed by atoms with Crippen LogP contribution in [0.15, 0.2) is 243 Å². The van der Waals surface area contributed by atoms with E-state index in [1.807, 2.05) is 0 Å². The lowest BCUT2D eigenvalue weighted by Crippen LogP contribution is -2.28. The van der Waals surface area contributed by atoms with E-state index < -0.39 is 0 Å². The van der Waals surface area contributed by atoms with Gasteiger partial charge in [-0.2, -0.15) is 0 Å². The molecule has 1 heterocycles. The topological polar surface area (TPSA) is 6.48 Å². The molecule has 10 aromatic carbocycles. The maximum Gasteiger partial charge on any atom is 0.0629 e. The maximum atomic E-state index is 2.52. The fraction of sp³-hybridized carbons (Fsp3) is 0.0333. The summed E-state index contributed by atoms with van der Waals surface area (Å²) in [7, 11) is 0. The molecule has 292 valence electrons. The molecular weight excluding hydrogens is 749 g/mol. The molecule has 1 aliphatic heterocycles. The Morgan fingerprint density at radius 3 is 1.81 bits per heavy atom. The number of anilines is 5. The molecule has 0 aromatic heterocycles. The van der Waals surface area contributed by atoms with Gasteiger partial charge in [-0.25, -0.2) is 0 Å². The standard InChI is InChI=1S/C60H42N2/c1-3-15-41(16-4-1)52-21-9-12-24-58(52)61(47-33-38-51-45(39-47)30-36-53-49-20-8-7-19-43(49)29-35-54(51)53)46-31-27-44(28-32-46)50-37-34-48(40-57(50)42-17-5-2-6-18-42)62-59-25-13-10-22-55(59)56-23-11-14-26-60(56)62/h1-40,55,59H. The highest BCUT2D eigenvalue weighted by molar-refractivity contribution is 6.17. The molecule has 2 aliphatic rings. The maximum absolute atomic E-state index is 2.52. The van der Waals surface area contributed by atoms with Crippen molar-refractivity contribution in [1.82, 2.24) is 0 Å². The second-order valence-corrected chi connectivity index (χ2v) is 16.4. The molecule has 0 spiro atoms. The van der Waals surface area contributed by atoms with Crippen molar-refractivity contribution in [3.8, 4) is 33.4 Å². The largest absolute Gasteiger partial charge is 0.333 e. The minimum Gasteiger partial charge on any atom is -0.333 e. The van der Waals surface area contributed by atoms with Gasteiger partial charge in [-0.1, -0.05) is 194 Å². The van der Waals surface area contributed by atoms with Crippen LogP contribution in [0.2, 0.25) is 0 Å². The van der Waals surface area contributed by atoms with E-state index >= 15 is 0 Å². The highest BCUT2D eigenvalue weighted by Gasteiger charge is 2.37. The lowest BCUT2D eigenvalue weighted by atomic mass is 9.91. The van der Waals surface area contributed by atoms with E-state index in [0.29, 0.717) is 5.92 Å². The van der Waals surface area contributed by atoms with E-state index in [0.717, 1.165) is 17.1 Å². The van der Waals surface area contributed by atoms with Crippen LogP contribution >= 0.6 is 0 Å². The van der Waals surface area contributed by atoms with Gasteiger partial charge >= 0.3 is 0 Å². The third-order valence-electron chi connectivity index (χ3n) is 13.0. The Morgan fingerprint density at radius 2 is 0.984 bits per heavy atom. The zero-order valence-corrected chi connectivity index (χ0v) is 34.1. The van der Waals surface area contributed by atoms with Crippen molar-refractivity contribution in [2.75, 3.05) is 9.80 Å². The van der Waals surface area contributed by atoms with Crippen molar-refractivity contribution in [2.45, 2.75) is 12.0 Å². The lowest BCUT2D eigenvalue weighted by molar-refractivity contribution is 0.745. The van der Waals surface area contributed by atoms with Crippen LogP contribution in [0.1, 0.15) is 11.5 Å². The summed E-state index contributed by atoms with van der Waals surface area (Å²) in [6.45, 7) is 0. The van der Waals surface area contributed by atoms with Crippen LogP contribution in [0.3, 0.4) is 0 Å². The number of benzene rings is 10. The predicted molar refractivity (Wildman–Crippen MR) is 263 cm³/mol. The van der Waals surface area contributed by atoms with Crippen molar-refractivity contribution < 1.29 is 0 Å². The van der Waals surface area contributed by atoms with Crippen molar-refractivity contribution in [3.63, 3.8) is 0 Å². The van der Waals surface area contributed by atoms with Gasteiger partial charge in [-0.05, 0) is 114 Å². The molecule has 0 radical (unpaired) electrons. The van der Waals surface area contributed by atoms with Gasteiger partial charge in [-0.15, -0.1) is 0 Å². The molecule has 2 heteroatoms. The van der Waals surface area contributed by atoms with Crippen LogP contribution < -0.4 is 9.80 Å². The second-order valence-electron chi connectivity index (χ2n) is 16.4. The van der Waals surface area contributed by atoms with Crippen molar-refractivity contribution in [3.05, 3.63) is 248 Å². The highest BCUT2D eigenvalue weighted by atomic mass is 15.2. The highest BCUT2D eigenvalue weighted by Crippen LogP contribution is 2.49. The van der Waals surface area contributed by atoms with E-state index in [4.69, 9.17) is 0 Å². The van der Waals surface area contributed by atoms with Gasteiger partial charge in [0.15, 0.2) is 0 Å². The SMILES string of the molecule is C1=CC2c3ccccc3N(c3ccc(-c4ccc(N(c5ccc6c(ccc7c8ccccc8ccc67)c5)c5ccccc5-c5ccccc5)cc4)c(-c4ccccc4)c3)C2C=C1. The molecule has 0 bridgehead atoms. The minimum atomic E-state index is 0.240. The fourth-order valence-corrected chi connectivity index (χ4v) is 10.1. The Balaban J connectivity index is 0.986. The zero-order valence-electron chi connectivity index (χ0n) is 34.1. The van der Waals surface area contributed by atoms with Gasteiger partial charge in [0.2, 0.25) is 0 Å². The molecule has 0 saturated heterocycles. The molecule has 12 rings (SSSR count). The van der Waals surface area contributed by atoms with Gasteiger partial charge < -0.3 is 9.80 Å². The van der Waals surface area contributed by atoms with Crippen LogP contribution in [0.5, 0.6) is 0 Å². The molecule has 2 nitrogen and oxygen atoms in total. The lowest BCUT2D eigenvalue weighted by Gasteiger charge is -2.30. The smallest absolute Gasteiger partial charge is 0.0629 e. The fourth-order valence-electron chi connectivity index (χ4n) is 10.1. The van der Waals surface area contributed by atoms with Gasteiger partial charge in [0.1, 0.15) is 0 Å². The molecule has 0 saturated carbocycles. The summed E-state index contributed by atoms with van der Waals surface area (Å²) in [6.07, 6.45) is 9.08. The molecule has 0 N–H and O–H groups in total. The monoisotopic (exact) mass is 790 g/mol. The summed E-state index contributed by atoms with van der Waals surface area (Å²) in [4.78, 5) is 4.95. The number of hydrogen-bond acceptors (Lipinski definition) is 2. The summed E-state index contributed by atoms with van der Waals surface area (Å²) in [5.41, 5.74) is 14.3. The number of fused-ring (bicyclic) bond motifs is 8. The van der Waals surface area contributed by atoms with E-state index in [9.17, 15) is 0 Å². The van der Waals surface area contributed by atoms with E-state index in [2.05, 4.69) is 252 Å². The van der Waals surface area contributed by atoms with Crippen molar-refractivity contribution in [1.29, 1.82) is 0 Å². The van der Waals surface area contributed by atoms with Crippen LogP contribution in [0.4, 0.5) is 28.4 Å². The Labute approximate surface area is 362 Å². The third kappa shape index (κ3) is 6.03. The molecule has 1 aliphatic carbocycles. The number of rotatable bonds is 7. The predicted octanol–water partition coefficient (Wildman–Crippen LogP) is 16.3. The molecule has 62 heavy (non-hydrogen) atoms. The number of allylic oxidation sites excluding steroid dienone is 2. The van der Waals surface area contributed by atoms with Gasteiger partial charge in [0.25, 0.3) is 0 Å². The van der Waals surface area contributed by atoms with Gasteiger partial charge in [0, 0.05) is 34.2 Å². The summed E-state index contributed by atoms with van der Waals surface area (Å²) in [5, 5.41) is 7.57. The molecule has 10 aromatic rings. The Kier molecular flexibility index (Phi) is 8.67. The first-order chi connectivity index (χ1) is 30.8. The number of nitrogens with zero attached hydrogens (tertiary/aromatic N) is 2. The second kappa shape index (κ2) is 15.0. The van der Waals surface area contributed by atoms with E-state index in [-0.39, 0.29) is 6.04 Å². The van der Waals surface area contributed by atoms with E-state index in [1.54, 1.807) is 0 Å². The molecular formula is C60H42N2. The normalized spacial score (nSPS) is 15.3. The summed E-state index contributed by atoms with van der Waals surface area (Å²) in [5.74, 6) is 0.334. The van der Waals surface area contributed by atoms with E-state index in [1.165, 1.54) is 82.6 Å². The zero-order chi connectivity index (χ0) is 41.0. The molecule has 0 amide bonds. The number of para-hydroxylation sites is 2. The van der Waals surface area contributed by atoms with Crippen LogP contribution in [0.25, 0.3) is 65.7 Å².